The summed E-state index contributed by atoms with van der Waals surface area (Å²) in [5, 5.41) is 14.2. The molecule has 2 fully saturated rings. The van der Waals surface area contributed by atoms with E-state index in [4.69, 9.17) is 13.9 Å². The summed E-state index contributed by atoms with van der Waals surface area (Å²) in [6, 6.07) is 21.8. The Morgan fingerprint density at radius 3 is 2.59 bits per heavy atom. The van der Waals surface area contributed by atoms with Gasteiger partial charge < -0.3 is 19.0 Å². The van der Waals surface area contributed by atoms with E-state index in [1.165, 1.54) is 29.2 Å². The number of hydrogen-bond acceptors (Lipinski definition) is 5. The van der Waals surface area contributed by atoms with Gasteiger partial charge in [-0.15, -0.1) is 0 Å². The number of nitrogens with zero attached hydrogens (tertiary/aromatic N) is 1. The summed E-state index contributed by atoms with van der Waals surface area (Å²) >= 11 is 0. The number of aliphatic hydroxyl groups excluding tert-OH is 1. The Morgan fingerprint density at radius 2 is 1.76 bits per heavy atom. The van der Waals surface area contributed by atoms with Gasteiger partial charge in [0.25, 0.3) is 0 Å². The van der Waals surface area contributed by atoms with Crippen LogP contribution in [0.5, 0.6) is 11.5 Å². The van der Waals surface area contributed by atoms with E-state index in [0.717, 1.165) is 35.3 Å². The molecule has 3 aromatic carbocycles. The second-order valence-electron chi connectivity index (χ2n) is 9.74. The number of piperidine rings is 1. The number of methoxy groups -OCH3 is 1. The number of furan rings is 1. The van der Waals surface area contributed by atoms with Crippen LogP contribution in [0.3, 0.4) is 0 Å². The van der Waals surface area contributed by atoms with E-state index in [1.54, 1.807) is 13.4 Å². The van der Waals surface area contributed by atoms with Crippen molar-refractivity contribution in [2.75, 3.05) is 20.3 Å². The maximum atomic E-state index is 10.8. The van der Waals surface area contributed by atoms with Crippen molar-refractivity contribution in [1.29, 1.82) is 0 Å². The molecule has 5 heteroatoms. The van der Waals surface area contributed by atoms with Crippen LogP contribution >= 0.6 is 0 Å². The normalized spacial score (nSPS) is 23.4. The Bertz CT molecular complexity index is 1280. The van der Waals surface area contributed by atoms with E-state index in [1.807, 2.05) is 30.3 Å². The first-order valence-electron chi connectivity index (χ1n) is 12.3. The lowest BCUT2D eigenvalue weighted by Crippen LogP contribution is -2.47. The molecule has 176 valence electrons. The summed E-state index contributed by atoms with van der Waals surface area (Å²) in [6.07, 6.45) is 5.87. The molecule has 0 aliphatic carbocycles. The molecule has 2 aliphatic heterocycles. The van der Waals surface area contributed by atoms with Crippen LogP contribution in [0.4, 0.5) is 0 Å². The molecule has 2 aliphatic rings. The molecule has 5 nitrogen and oxygen atoms in total. The van der Waals surface area contributed by atoms with Gasteiger partial charge in [-0.2, -0.15) is 0 Å². The van der Waals surface area contributed by atoms with Crippen LogP contribution in [0.2, 0.25) is 0 Å². The summed E-state index contributed by atoms with van der Waals surface area (Å²) in [6.45, 7) is 0.953. The van der Waals surface area contributed by atoms with Crippen molar-refractivity contribution in [3.63, 3.8) is 0 Å². The molecular weight excluding hydrogens is 426 g/mol. The Hall–Kier alpha value is -3.02. The van der Waals surface area contributed by atoms with Crippen LogP contribution < -0.4 is 9.47 Å². The Labute approximate surface area is 199 Å². The minimum atomic E-state index is -0.519. The van der Waals surface area contributed by atoms with E-state index in [2.05, 4.69) is 35.2 Å². The molecule has 2 saturated heterocycles. The van der Waals surface area contributed by atoms with Gasteiger partial charge in [0.15, 0.2) is 0 Å². The molecule has 0 spiro atoms. The predicted octanol–water partition coefficient (Wildman–Crippen LogP) is 5.74. The van der Waals surface area contributed by atoms with E-state index in [-0.39, 0.29) is 6.61 Å². The van der Waals surface area contributed by atoms with Gasteiger partial charge >= 0.3 is 0 Å². The third kappa shape index (κ3) is 3.93. The first-order valence-corrected chi connectivity index (χ1v) is 12.3. The fraction of sp³-hybridized carbons (Fsp3) is 0.379. The molecule has 0 amide bonds. The molecular formula is C29H31NO4. The zero-order valence-corrected chi connectivity index (χ0v) is 19.5. The number of benzene rings is 3. The minimum Gasteiger partial charge on any atom is -0.496 e. The number of ether oxygens (including phenoxy) is 2. The Balaban J connectivity index is 1.10. The van der Waals surface area contributed by atoms with Crippen LogP contribution in [-0.4, -0.2) is 48.5 Å². The molecule has 3 atom stereocenters. The van der Waals surface area contributed by atoms with Crippen molar-refractivity contribution < 1.29 is 19.0 Å². The molecule has 0 radical (unpaired) electrons. The van der Waals surface area contributed by atoms with Gasteiger partial charge in [-0.1, -0.05) is 36.4 Å². The first-order chi connectivity index (χ1) is 16.7. The van der Waals surface area contributed by atoms with Gasteiger partial charge in [0.05, 0.1) is 18.8 Å². The fourth-order valence-corrected chi connectivity index (χ4v) is 6.12. The predicted molar refractivity (Wildman–Crippen MR) is 134 cm³/mol. The quantitative estimate of drug-likeness (QED) is 0.383. The monoisotopic (exact) mass is 457 g/mol. The largest absolute Gasteiger partial charge is 0.496 e. The first kappa shape index (κ1) is 21.5. The summed E-state index contributed by atoms with van der Waals surface area (Å²) in [5.41, 5.74) is 2.23. The molecule has 6 rings (SSSR count). The van der Waals surface area contributed by atoms with E-state index in [0.29, 0.717) is 24.5 Å². The van der Waals surface area contributed by atoms with Crippen LogP contribution in [-0.2, 0) is 0 Å². The molecule has 1 N–H and O–H groups in total. The van der Waals surface area contributed by atoms with Gasteiger partial charge in [0.1, 0.15) is 29.8 Å². The SMILES string of the molecule is COc1cccc2cc(C3CC4CCC(C3)N4C[C@H](O)COc3cccc4occc34)ccc12. The Kier molecular flexibility index (Phi) is 5.67. The van der Waals surface area contributed by atoms with Crippen LogP contribution in [0.25, 0.3) is 21.7 Å². The minimum absolute atomic E-state index is 0.288. The summed E-state index contributed by atoms with van der Waals surface area (Å²) in [7, 11) is 1.73. The zero-order chi connectivity index (χ0) is 23.1. The fourth-order valence-electron chi connectivity index (χ4n) is 6.12. The van der Waals surface area contributed by atoms with E-state index >= 15 is 0 Å². The highest BCUT2D eigenvalue weighted by Gasteiger charge is 2.41. The molecule has 1 aromatic heterocycles. The number of hydrogen-bond donors (Lipinski definition) is 1. The second-order valence-corrected chi connectivity index (χ2v) is 9.74. The third-order valence-electron chi connectivity index (χ3n) is 7.75. The van der Waals surface area contributed by atoms with Crippen LogP contribution in [0, 0.1) is 0 Å². The van der Waals surface area contributed by atoms with Crippen LogP contribution in [0.15, 0.2) is 71.3 Å². The lowest BCUT2D eigenvalue weighted by Gasteiger charge is -2.40. The van der Waals surface area contributed by atoms with Gasteiger partial charge in [0.2, 0.25) is 0 Å². The summed E-state index contributed by atoms with van der Waals surface area (Å²) in [5.74, 6) is 2.26. The number of fused-ring (bicyclic) bond motifs is 4. The van der Waals surface area contributed by atoms with E-state index in [9.17, 15) is 5.11 Å². The van der Waals surface area contributed by atoms with E-state index < -0.39 is 6.10 Å². The maximum Gasteiger partial charge on any atom is 0.137 e. The maximum absolute atomic E-state index is 10.8. The highest BCUT2D eigenvalue weighted by Crippen LogP contribution is 2.44. The Morgan fingerprint density at radius 1 is 0.971 bits per heavy atom. The average Bonchev–Trinajstić information content (AvgIpc) is 3.43. The number of aliphatic hydroxyl groups is 1. The lowest BCUT2D eigenvalue weighted by molar-refractivity contribution is 0.0321. The zero-order valence-electron chi connectivity index (χ0n) is 19.5. The van der Waals surface area contributed by atoms with Crippen LogP contribution in [0.1, 0.15) is 37.2 Å². The van der Waals surface area contributed by atoms with Gasteiger partial charge in [-0.05, 0) is 66.8 Å². The van der Waals surface area contributed by atoms with Crippen molar-refractivity contribution >= 4 is 21.7 Å². The molecule has 2 bridgehead atoms. The topological polar surface area (TPSA) is 55.1 Å². The highest BCUT2D eigenvalue weighted by molar-refractivity contribution is 5.89. The standard InChI is InChI=1S/C29H31NO4/c1-32-27-5-2-4-20-14-19(8-11-25(20)27)21-15-22-9-10-23(16-21)30(22)17-24(31)18-34-29-7-3-6-28-26(29)12-13-33-28/h2-8,11-14,21-24,31H,9-10,15-18H2,1H3/t21?,22?,23?,24-/m0/s1. The van der Waals surface area contributed by atoms with Crippen molar-refractivity contribution in [3.05, 3.63) is 72.5 Å². The van der Waals surface area contributed by atoms with Gasteiger partial charge in [-0.3, -0.25) is 4.90 Å². The summed E-state index contributed by atoms with van der Waals surface area (Å²) in [4.78, 5) is 2.53. The second kappa shape index (κ2) is 8.97. The van der Waals surface area contributed by atoms with Crippen molar-refractivity contribution in [1.82, 2.24) is 4.90 Å². The van der Waals surface area contributed by atoms with Gasteiger partial charge in [0, 0.05) is 24.0 Å². The smallest absolute Gasteiger partial charge is 0.137 e. The third-order valence-corrected chi connectivity index (χ3v) is 7.75. The summed E-state index contributed by atoms with van der Waals surface area (Å²) < 4.78 is 17.0. The molecule has 3 heterocycles. The van der Waals surface area contributed by atoms with Crippen molar-refractivity contribution in [2.24, 2.45) is 0 Å². The molecule has 34 heavy (non-hydrogen) atoms. The molecule has 0 saturated carbocycles. The van der Waals surface area contributed by atoms with Crippen molar-refractivity contribution in [2.45, 2.75) is 49.8 Å². The molecule has 2 unspecified atom stereocenters. The molecule has 4 aromatic rings. The lowest BCUT2D eigenvalue weighted by atomic mass is 9.84. The van der Waals surface area contributed by atoms with Crippen molar-refractivity contribution in [3.8, 4) is 11.5 Å². The average molecular weight is 458 g/mol. The number of rotatable bonds is 7. The highest BCUT2D eigenvalue weighted by atomic mass is 16.5. The van der Waals surface area contributed by atoms with Gasteiger partial charge in [-0.25, -0.2) is 0 Å².